The number of para-hydroxylation sites is 1. The highest BCUT2D eigenvalue weighted by atomic mass is 16.5. The van der Waals surface area contributed by atoms with Crippen LogP contribution in [-0.2, 0) is 4.79 Å². The topological polar surface area (TPSA) is 29.5 Å². The fraction of sp³-hybridized carbons (Fsp3) is 0.611. The summed E-state index contributed by atoms with van der Waals surface area (Å²) in [6.45, 7) is 7.90. The zero-order valence-corrected chi connectivity index (χ0v) is 13.5. The molecule has 21 heavy (non-hydrogen) atoms. The molecule has 3 nitrogen and oxygen atoms in total. The Hall–Kier alpha value is -1.51. The zero-order chi connectivity index (χ0) is 15.2. The Morgan fingerprint density at radius 1 is 1.05 bits per heavy atom. The molecule has 0 unspecified atom stereocenters. The number of nitrogens with zero attached hydrogens (tertiary/aromatic N) is 1. The molecule has 2 rings (SSSR count). The van der Waals surface area contributed by atoms with Gasteiger partial charge in [-0.25, -0.2) is 0 Å². The Morgan fingerprint density at radius 3 is 2.29 bits per heavy atom. The van der Waals surface area contributed by atoms with Crippen molar-refractivity contribution in [1.82, 2.24) is 4.90 Å². The number of hydrogen-bond donors (Lipinski definition) is 0. The summed E-state index contributed by atoms with van der Waals surface area (Å²) in [4.78, 5) is 14.5. The molecule has 0 aromatic heterocycles. The van der Waals surface area contributed by atoms with E-state index in [4.69, 9.17) is 4.74 Å². The molecule has 1 amide bonds. The molecule has 0 spiro atoms. The number of hydrogen-bond acceptors (Lipinski definition) is 2. The number of rotatable bonds is 4. The zero-order valence-electron chi connectivity index (χ0n) is 13.5. The van der Waals surface area contributed by atoms with Gasteiger partial charge in [-0.05, 0) is 37.3 Å². The standard InChI is InChI=1S/C18H27NO2/c1-14(2)16-10-6-7-11-17(16)21-15(3)18(20)19-12-8-4-5-9-13-19/h6-7,10-11,14-15H,4-5,8-9,12-13H2,1-3H3/t15-/m0/s1. The van der Waals surface area contributed by atoms with Crippen LogP contribution < -0.4 is 4.74 Å². The quantitative estimate of drug-likeness (QED) is 0.839. The molecule has 116 valence electrons. The molecule has 1 aliphatic heterocycles. The highest BCUT2D eigenvalue weighted by Crippen LogP contribution is 2.27. The van der Waals surface area contributed by atoms with E-state index in [0.29, 0.717) is 5.92 Å². The lowest BCUT2D eigenvalue weighted by atomic mass is 10.0. The summed E-state index contributed by atoms with van der Waals surface area (Å²) in [5.41, 5.74) is 1.16. The Labute approximate surface area is 128 Å². The number of benzene rings is 1. The number of likely N-dealkylation sites (tertiary alicyclic amines) is 1. The molecule has 0 saturated carbocycles. The van der Waals surface area contributed by atoms with Gasteiger partial charge < -0.3 is 9.64 Å². The third kappa shape index (κ3) is 4.23. The summed E-state index contributed by atoms with van der Waals surface area (Å²) < 4.78 is 5.97. The molecule has 0 N–H and O–H groups in total. The van der Waals surface area contributed by atoms with E-state index in [9.17, 15) is 4.79 Å². The predicted octanol–water partition coefficient (Wildman–Crippen LogP) is 3.98. The first-order chi connectivity index (χ1) is 10.1. The van der Waals surface area contributed by atoms with E-state index in [0.717, 1.165) is 37.2 Å². The van der Waals surface area contributed by atoms with Crippen LogP contribution in [0.3, 0.4) is 0 Å². The molecule has 0 radical (unpaired) electrons. The van der Waals surface area contributed by atoms with Crippen molar-refractivity contribution in [3.63, 3.8) is 0 Å². The van der Waals surface area contributed by atoms with Gasteiger partial charge in [0.05, 0.1) is 0 Å². The lowest BCUT2D eigenvalue weighted by Gasteiger charge is -2.25. The van der Waals surface area contributed by atoms with Crippen molar-refractivity contribution in [3.05, 3.63) is 29.8 Å². The summed E-state index contributed by atoms with van der Waals surface area (Å²) in [6, 6.07) is 8.01. The van der Waals surface area contributed by atoms with Crippen molar-refractivity contribution in [1.29, 1.82) is 0 Å². The largest absolute Gasteiger partial charge is 0.481 e. The minimum absolute atomic E-state index is 0.121. The van der Waals surface area contributed by atoms with Gasteiger partial charge >= 0.3 is 0 Å². The maximum absolute atomic E-state index is 12.5. The summed E-state index contributed by atoms with van der Waals surface area (Å²) >= 11 is 0. The Bertz CT molecular complexity index is 462. The van der Waals surface area contributed by atoms with Gasteiger partial charge in [0.1, 0.15) is 5.75 Å². The summed E-state index contributed by atoms with van der Waals surface area (Å²) in [5.74, 6) is 1.35. The number of ether oxygens (including phenoxy) is 1. The van der Waals surface area contributed by atoms with Gasteiger partial charge in [-0.2, -0.15) is 0 Å². The maximum Gasteiger partial charge on any atom is 0.263 e. The lowest BCUT2D eigenvalue weighted by molar-refractivity contribution is -0.137. The van der Waals surface area contributed by atoms with Crippen LogP contribution in [0.25, 0.3) is 0 Å². The third-order valence-electron chi connectivity index (χ3n) is 4.11. The van der Waals surface area contributed by atoms with Crippen molar-refractivity contribution < 1.29 is 9.53 Å². The first-order valence-electron chi connectivity index (χ1n) is 8.14. The van der Waals surface area contributed by atoms with Crippen LogP contribution in [0, 0.1) is 0 Å². The highest BCUT2D eigenvalue weighted by molar-refractivity contribution is 5.81. The van der Waals surface area contributed by atoms with Crippen molar-refractivity contribution >= 4 is 5.91 Å². The van der Waals surface area contributed by atoms with Gasteiger partial charge in [0, 0.05) is 13.1 Å². The van der Waals surface area contributed by atoms with Gasteiger partial charge in [-0.3, -0.25) is 4.79 Å². The van der Waals surface area contributed by atoms with Gasteiger partial charge in [-0.15, -0.1) is 0 Å². The highest BCUT2D eigenvalue weighted by Gasteiger charge is 2.23. The van der Waals surface area contributed by atoms with Crippen LogP contribution in [0.2, 0.25) is 0 Å². The van der Waals surface area contributed by atoms with Crippen LogP contribution in [0.4, 0.5) is 0 Å². The van der Waals surface area contributed by atoms with Crippen LogP contribution in [0.5, 0.6) is 5.75 Å². The van der Waals surface area contributed by atoms with Gasteiger partial charge in [0.2, 0.25) is 0 Å². The van der Waals surface area contributed by atoms with E-state index in [-0.39, 0.29) is 5.91 Å². The molecule has 1 aromatic rings. The predicted molar refractivity (Wildman–Crippen MR) is 85.7 cm³/mol. The van der Waals surface area contributed by atoms with Crippen molar-refractivity contribution in [3.8, 4) is 5.75 Å². The Balaban J connectivity index is 2.03. The normalized spacial score (nSPS) is 17.4. The van der Waals surface area contributed by atoms with Crippen molar-refractivity contribution in [2.75, 3.05) is 13.1 Å². The molecule has 1 aliphatic rings. The molecular weight excluding hydrogens is 262 g/mol. The summed E-state index contributed by atoms with van der Waals surface area (Å²) in [7, 11) is 0. The number of amides is 1. The smallest absolute Gasteiger partial charge is 0.263 e. The summed E-state index contributed by atoms with van der Waals surface area (Å²) in [6.07, 6.45) is 4.27. The first-order valence-corrected chi connectivity index (χ1v) is 8.14. The lowest BCUT2D eigenvalue weighted by Crippen LogP contribution is -2.41. The Morgan fingerprint density at radius 2 is 1.67 bits per heavy atom. The molecule has 1 heterocycles. The maximum atomic E-state index is 12.5. The molecule has 0 bridgehead atoms. The average molecular weight is 289 g/mol. The molecule has 0 aliphatic carbocycles. The van der Waals surface area contributed by atoms with Gasteiger partial charge in [0.15, 0.2) is 6.10 Å². The van der Waals surface area contributed by atoms with Crippen molar-refractivity contribution in [2.45, 2.75) is 58.5 Å². The SMILES string of the molecule is CC(C)c1ccccc1O[C@@H](C)C(=O)N1CCCCCC1. The minimum Gasteiger partial charge on any atom is -0.481 e. The van der Waals surface area contributed by atoms with Gasteiger partial charge in [-0.1, -0.05) is 44.9 Å². The van der Waals surface area contributed by atoms with E-state index in [1.54, 1.807) is 0 Å². The monoisotopic (exact) mass is 289 g/mol. The first kappa shape index (κ1) is 15.9. The molecular formula is C18H27NO2. The molecule has 1 fully saturated rings. The minimum atomic E-state index is -0.414. The number of carbonyl (C=O) groups excluding carboxylic acids is 1. The van der Waals surface area contributed by atoms with E-state index in [2.05, 4.69) is 19.9 Å². The summed E-state index contributed by atoms with van der Waals surface area (Å²) in [5, 5.41) is 0. The molecule has 1 saturated heterocycles. The van der Waals surface area contributed by atoms with E-state index in [1.807, 2.05) is 30.0 Å². The second kappa shape index (κ2) is 7.48. The van der Waals surface area contributed by atoms with Gasteiger partial charge in [0.25, 0.3) is 5.91 Å². The Kier molecular flexibility index (Phi) is 5.66. The second-order valence-electron chi connectivity index (χ2n) is 6.19. The second-order valence-corrected chi connectivity index (χ2v) is 6.19. The van der Waals surface area contributed by atoms with E-state index < -0.39 is 6.10 Å². The van der Waals surface area contributed by atoms with E-state index >= 15 is 0 Å². The van der Waals surface area contributed by atoms with Crippen LogP contribution in [-0.4, -0.2) is 30.0 Å². The van der Waals surface area contributed by atoms with Crippen LogP contribution in [0.15, 0.2) is 24.3 Å². The number of carbonyl (C=O) groups is 1. The third-order valence-corrected chi connectivity index (χ3v) is 4.11. The van der Waals surface area contributed by atoms with Crippen LogP contribution in [0.1, 0.15) is 57.9 Å². The fourth-order valence-electron chi connectivity index (χ4n) is 2.85. The molecule has 1 aromatic carbocycles. The van der Waals surface area contributed by atoms with Crippen LogP contribution >= 0.6 is 0 Å². The molecule has 3 heteroatoms. The average Bonchev–Trinajstić information content (AvgIpc) is 2.75. The van der Waals surface area contributed by atoms with Crippen molar-refractivity contribution in [2.24, 2.45) is 0 Å². The molecule has 1 atom stereocenters. The fourth-order valence-corrected chi connectivity index (χ4v) is 2.85. The van der Waals surface area contributed by atoms with E-state index in [1.165, 1.54) is 12.8 Å².